The van der Waals surface area contributed by atoms with Crippen molar-refractivity contribution in [1.82, 2.24) is 10.2 Å². The van der Waals surface area contributed by atoms with Crippen molar-refractivity contribution in [2.24, 2.45) is 23.5 Å². The number of nitrogens with zero attached hydrogens (tertiary/aromatic N) is 2. The number of carbonyl (C=O) groups excluding carboxylic acids is 3. The molecule has 0 heterocycles. The largest absolute Gasteiger partial charge is 0.508 e. The first kappa shape index (κ1) is 28.6. The molecule has 0 unspecified atom stereocenters. The number of nitrogens with one attached hydrogen (secondary N) is 1. The van der Waals surface area contributed by atoms with Crippen LogP contribution in [-0.4, -0.2) is 89.2 Å². The molecule has 1 amide bonds. The van der Waals surface area contributed by atoms with Gasteiger partial charge in [0.25, 0.3) is 5.91 Å². The lowest BCUT2D eigenvalue weighted by molar-refractivity contribution is -0.153. The number of aliphatic hydroxyl groups excluding tert-OH is 2. The second kappa shape index (κ2) is 9.96. The second-order valence-electron chi connectivity index (χ2n) is 11.6. The molecule has 1 saturated carbocycles. The van der Waals surface area contributed by atoms with E-state index in [2.05, 4.69) is 19.2 Å². The highest BCUT2D eigenvalue weighted by atomic mass is 16.3. The van der Waals surface area contributed by atoms with Gasteiger partial charge in [-0.1, -0.05) is 13.8 Å². The Hall–Kier alpha value is -3.41. The molecule has 1 aromatic rings. The molecule has 11 heteroatoms. The van der Waals surface area contributed by atoms with E-state index >= 15 is 0 Å². The summed E-state index contributed by atoms with van der Waals surface area (Å²) in [4.78, 5) is 42.7. The number of benzene rings is 1. The van der Waals surface area contributed by atoms with Gasteiger partial charge < -0.3 is 36.4 Å². The number of phenolic OH excluding ortho intramolecular Hbond substituents is 1. The Labute approximate surface area is 227 Å². The summed E-state index contributed by atoms with van der Waals surface area (Å²) in [7, 11) is 6.83. The van der Waals surface area contributed by atoms with Gasteiger partial charge in [0.2, 0.25) is 5.78 Å². The SMILES string of the molecule is CC(C)CNCc1cc(N(C)C)c2c(c1O)C(O)=C1C(=O)[C@]3(O)C(O)=C(C(N)=O)C(=O)[C@H](N(C)C)[C@@H]3C[C@@H]1C2. The van der Waals surface area contributed by atoms with Crippen molar-refractivity contribution < 1.29 is 34.8 Å². The third kappa shape index (κ3) is 4.29. The number of amides is 1. The number of hydrogen-bond acceptors (Lipinski definition) is 10. The molecule has 11 nitrogen and oxygen atoms in total. The highest BCUT2D eigenvalue weighted by Crippen LogP contribution is 2.54. The number of aromatic hydroxyl groups is 1. The van der Waals surface area contributed by atoms with Crippen LogP contribution in [0.1, 0.15) is 37.0 Å². The van der Waals surface area contributed by atoms with Gasteiger partial charge in [0.1, 0.15) is 22.8 Å². The van der Waals surface area contributed by atoms with Crippen LogP contribution >= 0.6 is 0 Å². The van der Waals surface area contributed by atoms with E-state index in [9.17, 15) is 34.8 Å². The minimum Gasteiger partial charge on any atom is -0.508 e. The number of rotatable bonds is 7. The number of ketones is 2. The Kier molecular flexibility index (Phi) is 7.30. The summed E-state index contributed by atoms with van der Waals surface area (Å²) in [5.41, 5.74) is 3.75. The fraction of sp³-hybridized carbons (Fsp3) is 0.536. The zero-order valence-electron chi connectivity index (χ0n) is 23.2. The van der Waals surface area contributed by atoms with Gasteiger partial charge in [-0.25, -0.2) is 0 Å². The first-order chi connectivity index (χ1) is 18.1. The van der Waals surface area contributed by atoms with Gasteiger partial charge in [-0.3, -0.25) is 19.3 Å². The second-order valence-corrected chi connectivity index (χ2v) is 11.6. The summed E-state index contributed by atoms with van der Waals surface area (Å²) >= 11 is 0. The van der Waals surface area contributed by atoms with Crippen LogP contribution in [0.25, 0.3) is 5.76 Å². The summed E-state index contributed by atoms with van der Waals surface area (Å²) in [6.45, 7) is 5.14. The van der Waals surface area contributed by atoms with Crippen LogP contribution in [0.3, 0.4) is 0 Å². The van der Waals surface area contributed by atoms with Crippen molar-refractivity contribution in [3.8, 4) is 5.75 Å². The van der Waals surface area contributed by atoms with Gasteiger partial charge in [0, 0.05) is 43.4 Å². The molecule has 3 aliphatic rings. The maximum atomic E-state index is 14.0. The third-order valence-corrected chi connectivity index (χ3v) is 8.13. The first-order valence-corrected chi connectivity index (χ1v) is 13.0. The Balaban J connectivity index is 1.93. The number of likely N-dealkylation sites (N-methyl/N-ethyl adjacent to an activating group) is 1. The molecular formula is C28H38N4O7. The summed E-state index contributed by atoms with van der Waals surface area (Å²) in [6, 6.07) is 0.736. The molecule has 0 spiro atoms. The lowest BCUT2D eigenvalue weighted by Crippen LogP contribution is -2.65. The van der Waals surface area contributed by atoms with Crippen molar-refractivity contribution in [1.29, 1.82) is 0 Å². The average molecular weight is 543 g/mol. The van der Waals surface area contributed by atoms with Gasteiger partial charge in [0.15, 0.2) is 11.4 Å². The lowest BCUT2D eigenvalue weighted by Gasteiger charge is -2.50. The van der Waals surface area contributed by atoms with Crippen molar-refractivity contribution >= 4 is 28.9 Å². The monoisotopic (exact) mass is 542 g/mol. The zero-order valence-corrected chi connectivity index (χ0v) is 23.2. The van der Waals surface area contributed by atoms with Crippen molar-refractivity contribution in [2.45, 2.75) is 44.9 Å². The van der Waals surface area contributed by atoms with E-state index in [0.717, 1.165) is 5.69 Å². The quantitative estimate of drug-likeness (QED) is 0.270. The fourth-order valence-corrected chi connectivity index (χ4v) is 6.38. The molecule has 4 rings (SSSR count). The summed E-state index contributed by atoms with van der Waals surface area (Å²) in [5.74, 6) is -6.15. The zero-order chi connectivity index (χ0) is 29.1. The van der Waals surface area contributed by atoms with E-state index in [-0.39, 0.29) is 29.7 Å². The summed E-state index contributed by atoms with van der Waals surface area (Å²) in [6.07, 6.45) is 0.298. The minimum atomic E-state index is -2.65. The Morgan fingerprint density at radius 1 is 1.18 bits per heavy atom. The van der Waals surface area contributed by atoms with E-state index in [1.165, 1.54) is 4.90 Å². The van der Waals surface area contributed by atoms with Crippen LogP contribution in [0.15, 0.2) is 23.0 Å². The Bertz CT molecular complexity index is 1310. The van der Waals surface area contributed by atoms with Gasteiger partial charge in [-0.15, -0.1) is 0 Å². The number of primary amides is 1. The highest BCUT2D eigenvalue weighted by Gasteiger charge is 2.64. The van der Waals surface area contributed by atoms with E-state index in [1.807, 2.05) is 25.1 Å². The molecule has 0 bridgehead atoms. The molecule has 7 N–H and O–H groups in total. The van der Waals surface area contributed by atoms with Crippen LogP contribution in [0.2, 0.25) is 0 Å². The topological polar surface area (TPSA) is 177 Å². The van der Waals surface area contributed by atoms with Crippen LogP contribution in [0.5, 0.6) is 5.75 Å². The Morgan fingerprint density at radius 2 is 1.82 bits per heavy atom. The number of carbonyl (C=O) groups is 3. The van der Waals surface area contributed by atoms with Gasteiger partial charge >= 0.3 is 0 Å². The van der Waals surface area contributed by atoms with Gasteiger partial charge in [-0.05, 0) is 56.9 Å². The average Bonchev–Trinajstić information content (AvgIpc) is 2.81. The molecule has 212 valence electrons. The smallest absolute Gasteiger partial charge is 0.255 e. The molecule has 0 aromatic heterocycles. The Morgan fingerprint density at radius 3 is 2.36 bits per heavy atom. The number of anilines is 1. The number of hydrogen-bond donors (Lipinski definition) is 6. The standard InChI is InChI=1S/C28H38N4O7/c1-12(2)10-30-11-14-9-17(31(3)4)15-7-13-8-16-21(32(5)6)24(35)20(27(29)38)26(37)28(16,39)25(36)18(13)23(34)19(15)22(14)33/h9,12-13,16,21,30,33-34,37,39H,7-8,10-11H2,1-6H3,(H2,29,38)/t13-,16-,21+,28-/m0/s1. The van der Waals surface area contributed by atoms with Crippen LogP contribution in [0, 0.1) is 17.8 Å². The van der Waals surface area contributed by atoms with Crippen LogP contribution in [0.4, 0.5) is 5.69 Å². The molecule has 0 saturated heterocycles. The van der Waals surface area contributed by atoms with Crippen LogP contribution in [-0.2, 0) is 27.3 Å². The number of Topliss-reactive ketones (excluding diaryl/α,β-unsaturated/α-hetero) is 2. The van der Waals surface area contributed by atoms with E-state index in [1.54, 1.807) is 14.1 Å². The number of nitrogens with two attached hydrogens (primary N) is 1. The van der Waals surface area contributed by atoms with E-state index in [0.29, 0.717) is 30.1 Å². The van der Waals surface area contributed by atoms with Crippen molar-refractivity contribution in [2.75, 3.05) is 39.6 Å². The van der Waals surface area contributed by atoms with E-state index < -0.39 is 58.0 Å². The van der Waals surface area contributed by atoms with E-state index in [4.69, 9.17) is 5.73 Å². The molecule has 4 atom stereocenters. The molecule has 1 fully saturated rings. The number of aliphatic hydroxyl groups is 3. The molecule has 39 heavy (non-hydrogen) atoms. The summed E-state index contributed by atoms with van der Waals surface area (Å²) < 4.78 is 0. The number of fused-ring (bicyclic) bond motifs is 3. The summed E-state index contributed by atoms with van der Waals surface area (Å²) in [5, 5.41) is 48.8. The normalized spacial score (nSPS) is 26.6. The lowest BCUT2D eigenvalue weighted by atomic mass is 9.57. The van der Waals surface area contributed by atoms with Crippen LogP contribution < -0.4 is 16.0 Å². The number of phenols is 1. The first-order valence-electron chi connectivity index (χ1n) is 13.0. The third-order valence-electron chi connectivity index (χ3n) is 8.13. The molecule has 3 aliphatic carbocycles. The van der Waals surface area contributed by atoms with Crippen molar-refractivity contribution in [3.05, 3.63) is 39.7 Å². The molecular weight excluding hydrogens is 504 g/mol. The minimum absolute atomic E-state index is 0.0527. The predicted octanol–water partition coefficient (Wildman–Crippen LogP) is 0.776. The molecule has 1 aromatic carbocycles. The predicted molar refractivity (Wildman–Crippen MR) is 145 cm³/mol. The van der Waals surface area contributed by atoms with Crippen molar-refractivity contribution in [3.63, 3.8) is 0 Å². The molecule has 0 radical (unpaired) electrons. The molecule has 0 aliphatic heterocycles. The van der Waals surface area contributed by atoms with Gasteiger partial charge in [-0.2, -0.15) is 0 Å². The maximum Gasteiger partial charge on any atom is 0.255 e. The fourth-order valence-electron chi connectivity index (χ4n) is 6.38. The van der Waals surface area contributed by atoms with Gasteiger partial charge in [0.05, 0.1) is 11.6 Å². The highest BCUT2D eigenvalue weighted by molar-refractivity contribution is 6.24. The maximum absolute atomic E-state index is 14.0.